The minimum absolute atomic E-state index is 0.105. The highest BCUT2D eigenvalue weighted by atomic mass is 35.5. The number of carbonyl (C=O) groups excluding carboxylic acids is 1. The van der Waals surface area contributed by atoms with Crippen LogP contribution >= 0.6 is 23.4 Å². The van der Waals surface area contributed by atoms with Gasteiger partial charge in [-0.15, -0.1) is 0 Å². The van der Waals surface area contributed by atoms with Gasteiger partial charge in [0.05, 0.1) is 33.9 Å². The molecule has 1 aromatic heterocycles. The first-order chi connectivity index (χ1) is 15.0. The van der Waals surface area contributed by atoms with Gasteiger partial charge < -0.3 is 9.88 Å². The van der Waals surface area contributed by atoms with Gasteiger partial charge in [-0.1, -0.05) is 59.8 Å². The lowest BCUT2D eigenvalue weighted by molar-refractivity contribution is -0.141. The van der Waals surface area contributed by atoms with Crippen molar-refractivity contribution in [2.45, 2.75) is 24.1 Å². The molecule has 4 nitrogen and oxygen atoms in total. The Kier molecular flexibility index (Phi) is 7.09. The van der Waals surface area contributed by atoms with Gasteiger partial charge in [-0.2, -0.15) is 26.3 Å². The highest BCUT2D eigenvalue weighted by Crippen LogP contribution is 2.38. The number of halogens is 7. The van der Waals surface area contributed by atoms with Crippen molar-refractivity contribution in [1.29, 1.82) is 0 Å². The molecule has 1 amide bonds. The normalized spacial score (nSPS) is 12.1. The lowest BCUT2D eigenvalue weighted by atomic mass is 10.1. The number of amides is 1. The number of alkyl halides is 6. The third kappa shape index (κ3) is 5.98. The maximum Gasteiger partial charge on any atom is 0.418 e. The zero-order chi connectivity index (χ0) is 23.5. The van der Waals surface area contributed by atoms with Crippen LogP contribution in [0.1, 0.15) is 5.56 Å². The van der Waals surface area contributed by atoms with Crippen molar-refractivity contribution in [3.8, 4) is 11.3 Å². The van der Waals surface area contributed by atoms with Crippen molar-refractivity contribution < 1.29 is 31.1 Å². The van der Waals surface area contributed by atoms with Crippen LogP contribution in [0.2, 0.25) is 5.02 Å². The second-order valence-corrected chi connectivity index (χ2v) is 7.84. The van der Waals surface area contributed by atoms with Crippen molar-refractivity contribution in [3.63, 3.8) is 0 Å². The van der Waals surface area contributed by atoms with Crippen LogP contribution in [0.25, 0.3) is 11.3 Å². The number of para-hydroxylation sites is 1. The molecule has 0 saturated heterocycles. The highest BCUT2D eigenvalue weighted by Gasteiger charge is 2.35. The number of nitrogens with zero attached hydrogens (tertiary/aromatic N) is 2. The standard InChI is InChI=1S/C20H14ClF6N3OS/c21-14-8-4-7-13(20(25,26)27)17(14)29-16(31)10-32-18-28-9-15(12-5-2-1-3-6-12)30(18)11-19(22,23)24/h1-9H,10-11H2,(H,29,31). The van der Waals surface area contributed by atoms with Gasteiger partial charge in [-0.3, -0.25) is 4.79 Å². The van der Waals surface area contributed by atoms with Gasteiger partial charge in [0, 0.05) is 0 Å². The van der Waals surface area contributed by atoms with E-state index in [1.807, 2.05) is 0 Å². The van der Waals surface area contributed by atoms with E-state index in [0.717, 1.165) is 16.7 Å². The second-order valence-electron chi connectivity index (χ2n) is 6.49. The van der Waals surface area contributed by atoms with E-state index in [0.29, 0.717) is 17.3 Å². The first-order valence-corrected chi connectivity index (χ1v) is 10.3. The topological polar surface area (TPSA) is 46.9 Å². The van der Waals surface area contributed by atoms with Crippen LogP contribution in [0, 0.1) is 0 Å². The minimum Gasteiger partial charge on any atom is -0.324 e. The van der Waals surface area contributed by atoms with Crippen LogP contribution < -0.4 is 5.32 Å². The number of rotatable bonds is 6. The molecule has 0 spiro atoms. The number of anilines is 1. The second kappa shape index (κ2) is 9.45. The molecular formula is C20H14ClF6N3OS. The van der Waals surface area contributed by atoms with Crippen molar-refractivity contribution in [1.82, 2.24) is 9.55 Å². The average molecular weight is 494 g/mol. The number of benzene rings is 2. The minimum atomic E-state index is -4.76. The van der Waals surface area contributed by atoms with E-state index in [9.17, 15) is 31.1 Å². The van der Waals surface area contributed by atoms with E-state index >= 15 is 0 Å². The fourth-order valence-electron chi connectivity index (χ4n) is 2.84. The fourth-order valence-corrected chi connectivity index (χ4v) is 3.84. The Bertz CT molecular complexity index is 1100. The predicted molar refractivity (Wildman–Crippen MR) is 110 cm³/mol. The van der Waals surface area contributed by atoms with Crippen LogP contribution in [0.5, 0.6) is 0 Å². The molecule has 0 saturated carbocycles. The third-order valence-electron chi connectivity index (χ3n) is 4.14. The summed E-state index contributed by atoms with van der Waals surface area (Å²) in [6, 6.07) is 11.3. The van der Waals surface area contributed by atoms with Crippen LogP contribution in [0.3, 0.4) is 0 Å². The molecule has 0 aliphatic heterocycles. The number of hydrogen-bond donors (Lipinski definition) is 1. The number of nitrogens with one attached hydrogen (secondary N) is 1. The largest absolute Gasteiger partial charge is 0.418 e. The van der Waals surface area contributed by atoms with Crippen molar-refractivity contribution in [2.75, 3.05) is 11.1 Å². The summed E-state index contributed by atoms with van der Waals surface area (Å²) in [5, 5.41) is 1.67. The van der Waals surface area contributed by atoms with Crippen LogP contribution in [0.15, 0.2) is 59.9 Å². The third-order valence-corrected chi connectivity index (χ3v) is 5.45. The molecule has 170 valence electrons. The smallest absolute Gasteiger partial charge is 0.324 e. The molecule has 3 aromatic rings. The van der Waals surface area contributed by atoms with Gasteiger partial charge in [0.15, 0.2) is 5.16 Å². The van der Waals surface area contributed by atoms with E-state index in [4.69, 9.17) is 11.6 Å². The fraction of sp³-hybridized carbons (Fsp3) is 0.200. The zero-order valence-corrected chi connectivity index (χ0v) is 17.5. The first kappa shape index (κ1) is 24.0. The summed E-state index contributed by atoms with van der Waals surface area (Å²) >= 11 is 6.47. The summed E-state index contributed by atoms with van der Waals surface area (Å²) in [4.78, 5) is 16.2. The Labute approximate surface area is 187 Å². The Hall–Kier alpha value is -2.66. The van der Waals surface area contributed by atoms with E-state index in [1.165, 1.54) is 12.3 Å². The number of carbonyl (C=O) groups is 1. The maximum atomic E-state index is 13.2. The van der Waals surface area contributed by atoms with Crippen LogP contribution in [-0.4, -0.2) is 27.4 Å². The predicted octanol–water partition coefficient (Wildman–Crippen LogP) is 6.52. The van der Waals surface area contributed by atoms with Gasteiger partial charge in [0.25, 0.3) is 0 Å². The molecule has 3 rings (SSSR count). The molecule has 1 heterocycles. The molecule has 0 unspecified atom stereocenters. The summed E-state index contributed by atoms with van der Waals surface area (Å²) in [6.07, 6.45) is -8.06. The molecule has 1 N–H and O–H groups in total. The lowest BCUT2D eigenvalue weighted by Crippen LogP contribution is -2.21. The van der Waals surface area contributed by atoms with E-state index in [1.54, 1.807) is 30.3 Å². The van der Waals surface area contributed by atoms with Crippen molar-refractivity contribution >= 4 is 35.0 Å². The Balaban J connectivity index is 1.81. The van der Waals surface area contributed by atoms with Gasteiger partial charge in [0.1, 0.15) is 6.54 Å². The van der Waals surface area contributed by atoms with Crippen molar-refractivity contribution in [3.05, 3.63) is 65.3 Å². The van der Waals surface area contributed by atoms with Gasteiger partial charge >= 0.3 is 12.4 Å². The molecule has 0 fully saturated rings. The molecule has 2 aromatic carbocycles. The molecular weight excluding hydrogens is 480 g/mol. The van der Waals surface area contributed by atoms with Crippen LogP contribution in [-0.2, 0) is 17.5 Å². The van der Waals surface area contributed by atoms with E-state index < -0.39 is 41.8 Å². The number of thioether (sulfide) groups is 1. The molecule has 12 heteroatoms. The van der Waals surface area contributed by atoms with Gasteiger partial charge in [0.2, 0.25) is 5.91 Å². The van der Waals surface area contributed by atoms with E-state index in [-0.39, 0.29) is 15.9 Å². The number of imidazole rings is 1. The molecule has 32 heavy (non-hydrogen) atoms. The van der Waals surface area contributed by atoms with Crippen molar-refractivity contribution in [2.24, 2.45) is 0 Å². The van der Waals surface area contributed by atoms with E-state index in [2.05, 4.69) is 10.3 Å². The lowest BCUT2D eigenvalue weighted by Gasteiger charge is -2.16. The van der Waals surface area contributed by atoms with Gasteiger partial charge in [-0.05, 0) is 17.7 Å². The summed E-state index contributed by atoms with van der Waals surface area (Å²) in [7, 11) is 0. The van der Waals surface area contributed by atoms with Crippen LogP contribution in [0.4, 0.5) is 32.0 Å². The Morgan fingerprint density at radius 1 is 1.03 bits per heavy atom. The summed E-state index contributed by atoms with van der Waals surface area (Å²) in [6.45, 7) is -1.34. The van der Waals surface area contributed by atoms with Gasteiger partial charge in [-0.25, -0.2) is 4.98 Å². The first-order valence-electron chi connectivity index (χ1n) is 8.92. The molecule has 0 aliphatic carbocycles. The number of aromatic nitrogens is 2. The Morgan fingerprint density at radius 3 is 2.34 bits per heavy atom. The molecule has 0 radical (unpaired) electrons. The Morgan fingerprint density at radius 2 is 1.72 bits per heavy atom. The summed E-state index contributed by atoms with van der Waals surface area (Å²) < 4.78 is 79.8. The zero-order valence-electron chi connectivity index (χ0n) is 16.0. The highest BCUT2D eigenvalue weighted by molar-refractivity contribution is 7.99. The average Bonchev–Trinajstić information content (AvgIpc) is 3.08. The monoisotopic (exact) mass is 493 g/mol. The quantitative estimate of drug-likeness (QED) is 0.314. The maximum absolute atomic E-state index is 13.2. The molecule has 0 aliphatic rings. The summed E-state index contributed by atoms with van der Waals surface area (Å²) in [5.74, 6) is -1.36. The molecule has 0 bridgehead atoms. The SMILES string of the molecule is O=C(CSc1ncc(-c2ccccc2)n1CC(F)(F)F)Nc1c(Cl)cccc1C(F)(F)F. The number of hydrogen-bond acceptors (Lipinski definition) is 3. The molecule has 0 atom stereocenters. The summed E-state index contributed by atoms with van der Waals surface area (Å²) in [5.41, 5.74) is -1.06.